The second-order valence-electron chi connectivity index (χ2n) is 4.28. The molecule has 0 saturated carbocycles. The Morgan fingerprint density at radius 2 is 1.95 bits per heavy atom. The number of aromatic nitrogens is 7. The highest BCUT2D eigenvalue weighted by Gasteiger charge is 2.15. The van der Waals surface area contributed by atoms with Gasteiger partial charge in [-0.2, -0.15) is 4.52 Å². The quantitative estimate of drug-likeness (QED) is 0.576. The predicted octanol–water partition coefficient (Wildman–Crippen LogP) is 1.11. The van der Waals surface area contributed by atoms with E-state index in [0.29, 0.717) is 22.8 Å². The highest BCUT2D eigenvalue weighted by molar-refractivity contribution is 5.78. The minimum absolute atomic E-state index is 0.333. The molecule has 0 bridgehead atoms. The molecule has 4 aromatic rings. The Hall–Kier alpha value is -3.10. The van der Waals surface area contributed by atoms with E-state index in [1.807, 2.05) is 31.2 Å². The van der Waals surface area contributed by atoms with Gasteiger partial charge >= 0.3 is 0 Å². The molecule has 0 amide bonds. The van der Waals surface area contributed by atoms with Crippen LogP contribution in [0.4, 0.5) is 11.5 Å². The van der Waals surface area contributed by atoms with Gasteiger partial charge in [0.05, 0.1) is 0 Å². The molecule has 3 heterocycles. The van der Waals surface area contributed by atoms with Crippen molar-refractivity contribution in [2.75, 3.05) is 5.32 Å². The third kappa shape index (κ3) is 1.56. The number of aryl methyl sites for hydroxylation is 1. The summed E-state index contributed by atoms with van der Waals surface area (Å²) in [4.78, 5) is 4.31. The van der Waals surface area contributed by atoms with Crippen LogP contribution in [0.25, 0.3) is 16.9 Å². The van der Waals surface area contributed by atoms with E-state index in [1.165, 1.54) is 10.1 Å². The van der Waals surface area contributed by atoms with Gasteiger partial charge in [0.15, 0.2) is 5.82 Å². The van der Waals surface area contributed by atoms with Crippen molar-refractivity contribution in [1.82, 2.24) is 35.3 Å². The molecule has 0 aliphatic rings. The lowest BCUT2D eigenvalue weighted by Gasteiger charge is -2.05. The van der Waals surface area contributed by atoms with Crippen LogP contribution in [0.1, 0.15) is 5.56 Å². The lowest BCUT2D eigenvalue weighted by Crippen LogP contribution is -2.00. The van der Waals surface area contributed by atoms with Gasteiger partial charge in [0.25, 0.3) is 0 Å². The van der Waals surface area contributed by atoms with Gasteiger partial charge in [-0.15, -0.1) is 5.10 Å². The van der Waals surface area contributed by atoms with Gasteiger partial charge in [-0.25, -0.2) is 9.61 Å². The van der Waals surface area contributed by atoms with E-state index in [1.54, 1.807) is 0 Å². The zero-order valence-corrected chi connectivity index (χ0v) is 10.3. The van der Waals surface area contributed by atoms with Crippen molar-refractivity contribution in [2.45, 2.75) is 6.92 Å². The van der Waals surface area contributed by atoms with Crippen LogP contribution in [0.5, 0.6) is 0 Å². The maximum atomic E-state index is 4.66. The normalized spacial score (nSPS) is 11.2. The van der Waals surface area contributed by atoms with E-state index in [-0.39, 0.29) is 0 Å². The molecule has 0 spiro atoms. The van der Waals surface area contributed by atoms with Crippen LogP contribution in [0.3, 0.4) is 0 Å². The van der Waals surface area contributed by atoms with Crippen molar-refractivity contribution in [2.24, 2.45) is 0 Å². The minimum Gasteiger partial charge on any atom is -0.337 e. The summed E-state index contributed by atoms with van der Waals surface area (Å²) in [5.41, 5.74) is 3.21. The van der Waals surface area contributed by atoms with Gasteiger partial charge in [0, 0.05) is 5.69 Å². The van der Waals surface area contributed by atoms with Gasteiger partial charge in [-0.3, -0.25) is 0 Å². The van der Waals surface area contributed by atoms with Crippen molar-refractivity contribution in [3.63, 3.8) is 0 Å². The van der Waals surface area contributed by atoms with Crippen LogP contribution in [-0.2, 0) is 0 Å². The minimum atomic E-state index is 0.333. The highest BCUT2D eigenvalue weighted by atomic mass is 16.6. The van der Waals surface area contributed by atoms with Crippen molar-refractivity contribution < 1.29 is 4.63 Å². The van der Waals surface area contributed by atoms with Crippen molar-refractivity contribution in [3.05, 3.63) is 29.8 Å². The van der Waals surface area contributed by atoms with Crippen LogP contribution in [0.2, 0.25) is 0 Å². The Bertz CT molecular complexity index is 894. The molecule has 0 atom stereocenters. The fourth-order valence-electron chi connectivity index (χ4n) is 1.87. The molecular formula is C11H8N8O. The number of tetrazole rings is 1. The SMILES string of the molecule is Cc1ccc(Nc2nc3nonc3n3nnnc23)cc1. The number of fused-ring (bicyclic) bond motifs is 3. The van der Waals surface area contributed by atoms with Crippen molar-refractivity contribution >= 4 is 28.4 Å². The summed E-state index contributed by atoms with van der Waals surface area (Å²) < 4.78 is 6.08. The maximum Gasteiger partial charge on any atom is 0.248 e. The van der Waals surface area contributed by atoms with Gasteiger partial charge < -0.3 is 5.32 Å². The second kappa shape index (κ2) is 3.95. The maximum absolute atomic E-state index is 4.66. The molecule has 0 aliphatic heterocycles. The molecular weight excluding hydrogens is 260 g/mol. The lowest BCUT2D eigenvalue weighted by molar-refractivity contribution is 0.313. The Kier molecular flexibility index (Phi) is 2.13. The first-order valence-electron chi connectivity index (χ1n) is 5.85. The molecule has 1 aromatic carbocycles. The number of nitrogens with zero attached hydrogens (tertiary/aromatic N) is 7. The summed E-state index contributed by atoms with van der Waals surface area (Å²) in [6.07, 6.45) is 0. The number of rotatable bonds is 2. The van der Waals surface area contributed by atoms with Gasteiger partial charge in [-0.05, 0) is 39.8 Å². The highest BCUT2D eigenvalue weighted by Crippen LogP contribution is 2.20. The fraction of sp³-hybridized carbons (Fsp3) is 0.0909. The Labute approximate surface area is 111 Å². The summed E-state index contributed by atoms with van der Waals surface area (Å²) in [5.74, 6) is 0.488. The number of hydrogen-bond donors (Lipinski definition) is 1. The second-order valence-corrected chi connectivity index (χ2v) is 4.28. The fourth-order valence-corrected chi connectivity index (χ4v) is 1.87. The largest absolute Gasteiger partial charge is 0.337 e. The van der Waals surface area contributed by atoms with E-state index in [2.05, 4.69) is 40.8 Å². The number of hydrogen-bond acceptors (Lipinski definition) is 8. The number of nitrogens with one attached hydrogen (secondary N) is 1. The first-order valence-corrected chi connectivity index (χ1v) is 5.85. The van der Waals surface area contributed by atoms with Crippen LogP contribution in [0, 0.1) is 6.92 Å². The zero-order valence-electron chi connectivity index (χ0n) is 10.3. The Balaban J connectivity index is 1.88. The molecule has 9 heteroatoms. The van der Waals surface area contributed by atoms with E-state index in [0.717, 1.165) is 5.69 Å². The van der Waals surface area contributed by atoms with Gasteiger partial charge in [-0.1, -0.05) is 17.7 Å². The molecule has 3 aromatic heterocycles. The summed E-state index contributed by atoms with van der Waals surface area (Å²) in [7, 11) is 0. The average molecular weight is 268 g/mol. The van der Waals surface area contributed by atoms with Gasteiger partial charge in [0.1, 0.15) is 0 Å². The van der Waals surface area contributed by atoms with Crippen LogP contribution < -0.4 is 5.32 Å². The average Bonchev–Trinajstić information content (AvgIpc) is 3.08. The summed E-state index contributed by atoms with van der Waals surface area (Å²) in [6, 6.07) is 7.89. The van der Waals surface area contributed by atoms with Gasteiger partial charge in [0.2, 0.25) is 16.9 Å². The Morgan fingerprint density at radius 1 is 1.10 bits per heavy atom. The van der Waals surface area contributed by atoms with Crippen LogP contribution in [0.15, 0.2) is 28.9 Å². The van der Waals surface area contributed by atoms with Crippen molar-refractivity contribution in [1.29, 1.82) is 0 Å². The molecule has 0 fully saturated rings. The van der Waals surface area contributed by atoms with E-state index >= 15 is 0 Å². The molecule has 1 N–H and O–H groups in total. The van der Waals surface area contributed by atoms with E-state index in [4.69, 9.17) is 0 Å². The molecule has 4 rings (SSSR count). The first-order chi connectivity index (χ1) is 9.81. The molecule has 0 radical (unpaired) electrons. The topological polar surface area (TPSA) is 107 Å². The van der Waals surface area contributed by atoms with Crippen LogP contribution in [-0.4, -0.2) is 35.3 Å². The third-order valence-electron chi connectivity index (χ3n) is 2.87. The standard InChI is InChI=1S/C11H8N8O/c1-6-2-4-7(5-3-6)12-8-10-14-17-18-19(10)11-9(13-8)15-20-16-11/h2-5H,1H3,(H,12,13,15). The third-order valence-corrected chi connectivity index (χ3v) is 2.87. The molecule has 20 heavy (non-hydrogen) atoms. The van der Waals surface area contributed by atoms with Crippen molar-refractivity contribution in [3.8, 4) is 0 Å². The summed E-state index contributed by atoms with van der Waals surface area (Å²) in [6.45, 7) is 2.02. The number of anilines is 2. The smallest absolute Gasteiger partial charge is 0.248 e. The Morgan fingerprint density at radius 3 is 2.80 bits per heavy atom. The lowest BCUT2D eigenvalue weighted by atomic mass is 10.2. The predicted molar refractivity (Wildman–Crippen MR) is 68.4 cm³/mol. The monoisotopic (exact) mass is 268 g/mol. The first kappa shape index (κ1) is 10.8. The van der Waals surface area contributed by atoms with E-state index < -0.39 is 0 Å². The van der Waals surface area contributed by atoms with E-state index in [9.17, 15) is 0 Å². The summed E-state index contributed by atoms with van der Waals surface area (Å²) >= 11 is 0. The molecule has 0 aliphatic carbocycles. The summed E-state index contributed by atoms with van der Waals surface area (Å²) in [5, 5.41) is 22.0. The molecule has 9 nitrogen and oxygen atoms in total. The van der Waals surface area contributed by atoms with Crippen LogP contribution >= 0.6 is 0 Å². The molecule has 98 valence electrons. The zero-order chi connectivity index (χ0) is 13.5. The molecule has 0 unspecified atom stereocenters. The molecule has 0 saturated heterocycles. The number of benzene rings is 1.